The molecule has 114 valence electrons. The number of sulfonamides is 1. The van der Waals surface area contributed by atoms with Gasteiger partial charge in [0, 0.05) is 19.6 Å². The van der Waals surface area contributed by atoms with Gasteiger partial charge in [0.1, 0.15) is 16.5 Å². The predicted molar refractivity (Wildman–Crippen MR) is 74.1 cm³/mol. The first-order chi connectivity index (χ1) is 8.87. The minimum Gasteiger partial charge on any atom is -0.329 e. The van der Waals surface area contributed by atoms with Crippen molar-refractivity contribution < 1.29 is 17.2 Å². The van der Waals surface area contributed by atoms with Crippen LogP contribution in [0.5, 0.6) is 0 Å². The second-order valence-electron chi connectivity index (χ2n) is 4.74. The van der Waals surface area contributed by atoms with Crippen molar-refractivity contribution in [1.82, 2.24) is 4.31 Å². The number of nitrogens with zero attached hydrogens (tertiary/aromatic N) is 1. The van der Waals surface area contributed by atoms with Crippen molar-refractivity contribution in [3.8, 4) is 0 Å². The van der Waals surface area contributed by atoms with E-state index in [-0.39, 0.29) is 30.9 Å². The Bertz CT molecular complexity index is 579. The molecule has 0 saturated heterocycles. The first-order valence-electron chi connectivity index (χ1n) is 6.01. The standard InChI is InChI=1S/C12H16F2N2O2S.ClH/c1-16(11(7-15)8-2-3-8)19(17,18)12-6-9(13)4-5-10(12)14;/h4-6,8,11H,2-3,7,15H2,1H3;1H. The van der Waals surface area contributed by atoms with Crippen LogP contribution in [0.25, 0.3) is 0 Å². The molecule has 4 nitrogen and oxygen atoms in total. The van der Waals surface area contributed by atoms with E-state index in [2.05, 4.69) is 0 Å². The number of likely N-dealkylation sites (N-methyl/N-ethyl adjacent to an activating group) is 1. The molecule has 0 radical (unpaired) electrons. The lowest BCUT2D eigenvalue weighted by atomic mass is 10.2. The maximum Gasteiger partial charge on any atom is 0.246 e. The van der Waals surface area contributed by atoms with Crippen LogP contribution in [0.4, 0.5) is 8.78 Å². The number of hydrogen-bond acceptors (Lipinski definition) is 3. The monoisotopic (exact) mass is 326 g/mol. The average molecular weight is 327 g/mol. The molecular weight excluding hydrogens is 310 g/mol. The molecule has 0 heterocycles. The molecule has 20 heavy (non-hydrogen) atoms. The van der Waals surface area contributed by atoms with E-state index in [0.717, 1.165) is 29.3 Å². The van der Waals surface area contributed by atoms with Crippen LogP contribution < -0.4 is 5.73 Å². The molecular formula is C12H17ClF2N2O2S. The van der Waals surface area contributed by atoms with Gasteiger partial charge in [0.2, 0.25) is 10.0 Å². The Morgan fingerprint density at radius 1 is 1.40 bits per heavy atom. The molecule has 1 unspecified atom stereocenters. The van der Waals surface area contributed by atoms with Gasteiger partial charge in [0.05, 0.1) is 0 Å². The van der Waals surface area contributed by atoms with E-state index in [1.165, 1.54) is 7.05 Å². The highest BCUT2D eigenvalue weighted by Gasteiger charge is 2.39. The highest BCUT2D eigenvalue weighted by atomic mass is 35.5. The highest BCUT2D eigenvalue weighted by Crippen LogP contribution is 2.36. The van der Waals surface area contributed by atoms with Crippen LogP contribution in [0.1, 0.15) is 12.8 Å². The van der Waals surface area contributed by atoms with E-state index < -0.39 is 26.6 Å². The summed E-state index contributed by atoms with van der Waals surface area (Å²) in [6, 6.07) is 2.02. The number of rotatable bonds is 5. The SMILES string of the molecule is CN(C(CN)C1CC1)S(=O)(=O)c1cc(F)ccc1F.Cl. The molecule has 2 rings (SSSR count). The van der Waals surface area contributed by atoms with Crippen molar-refractivity contribution >= 4 is 22.4 Å². The van der Waals surface area contributed by atoms with E-state index in [1.54, 1.807) is 0 Å². The molecule has 0 aliphatic heterocycles. The Morgan fingerprint density at radius 2 is 2.00 bits per heavy atom. The molecule has 1 aliphatic rings. The van der Waals surface area contributed by atoms with Gasteiger partial charge in [-0.2, -0.15) is 4.31 Å². The van der Waals surface area contributed by atoms with E-state index in [1.807, 2.05) is 0 Å². The Morgan fingerprint density at radius 3 is 2.50 bits per heavy atom. The van der Waals surface area contributed by atoms with Gasteiger partial charge in [-0.1, -0.05) is 0 Å². The molecule has 0 aromatic heterocycles. The summed E-state index contributed by atoms with van der Waals surface area (Å²) in [5.74, 6) is -1.54. The Hall–Kier alpha value is -0.760. The first-order valence-corrected chi connectivity index (χ1v) is 7.45. The van der Waals surface area contributed by atoms with Crippen LogP contribution in [0.2, 0.25) is 0 Å². The molecule has 1 aliphatic carbocycles. The van der Waals surface area contributed by atoms with E-state index in [9.17, 15) is 17.2 Å². The molecule has 0 spiro atoms. The normalized spacial score (nSPS) is 16.9. The molecule has 1 saturated carbocycles. The summed E-state index contributed by atoms with van der Waals surface area (Å²) in [7, 11) is -2.71. The third kappa shape index (κ3) is 3.28. The maximum atomic E-state index is 13.6. The Kier molecular flexibility index (Phi) is 5.48. The first kappa shape index (κ1) is 17.3. The van der Waals surface area contributed by atoms with Crippen molar-refractivity contribution in [1.29, 1.82) is 0 Å². The third-order valence-electron chi connectivity index (χ3n) is 3.42. The quantitative estimate of drug-likeness (QED) is 0.896. The minimum atomic E-state index is -4.07. The van der Waals surface area contributed by atoms with Crippen LogP contribution in [-0.2, 0) is 10.0 Å². The highest BCUT2D eigenvalue weighted by molar-refractivity contribution is 7.89. The fourth-order valence-corrected chi connectivity index (χ4v) is 3.63. The van der Waals surface area contributed by atoms with Gasteiger partial charge >= 0.3 is 0 Å². The minimum absolute atomic E-state index is 0. The molecule has 1 aromatic carbocycles. The van der Waals surface area contributed by atoms with Crippen molar-refractivity contribution in [2.75, 3.05) is 13.6 Å². The second kappa shape index (κ2) is 6.34. The largest absolute Gasteiger partial charge is 0.329 e. The van der Waals surface area contributed by atoms with Crippen LogP contribution in [0, 0.1) is 17.6 Å². The molecule has 1 aromatic rings. The van der Waals surface area contributed by atoms with Crippen LogP contribution >= 0.6 is 12.4 Å². The lowest BCUT2D eigenvalue weighted by Crippen LogP contribution is -2.43. The Labute approximate surface area is 123 Å². The third-order valence-corrected chi connectivity index (χ3v) is 5.32. The maximum absolute atomic E-state index is 13.6. The number of halogens is 3. The van der Waals surface area contributed by atoms with Gasteiger partial charge in [0.25, 0.3) is 0 Å². The van der Waals surface area contributed by atoms with E-state index in [0.29, 0.717) is 6.07 Å². The lowest BCUT2D eigenvalue weighted by Gasteiger charge is -2.26. The summed E-state index contributed by atoms with van der Waals surface area (Å²) in [4.78, 5) is -0.644. The van der Waals surface area contributed by atoms with Gasteiger partial charge < -0.3 is 5.73 Å². The summed E-state index contributed by atoms with van der Waals surface area (Å²) in [6.45, 7) is 0.164. The van der Waals surface area contributed by atoms with Gasteiger partial charge in [0.15, 0.2) is 0 Å². The zero-order chi connectivity index (χ0) is 14.2. The molecule has 2 N–H and O–H groups in total. The van der Waals surface area contributed by atoms with Gasteiger partial charge in [-0.3, -0.25) is 0 Å². The fourth-order valence-electron chi connectivity index (χ4n) is 2.13. The van der Waals surface area contributed by atoms with Gasteiger partial charge in [-0.15, -0.1) is 12.4 Å². The summed E-state index contributed by atoms with van der Waals surface area (Å²) < 4.78 is 52.4. The number of benzene rings is 1. The number of hydrogen-bond donors (Lipinski definition) is 1. The molecule has 1 fully saturated rings. The lowest BCUT2D eigenvalue weighted by molar-refractivity contribution is 0.338. The fraction of sp³-hybridized carbons (Fsp3) is 0.500. The summed E-state index contributed by atoms with van der Waals surface area (Å²) in [5, 5.41) is 0. The van der Waals surface area contributed by atoms with Crippen LogP contribution in [0.15, 0.2) is 23.1 Å². The summed E-state index contributed by atoms with van der Waals surface area (Å²) in [6.07, 6.45) is 1.82. The van der Waals surface area contributed by atoms with Crippen molar-refractivity contribution in [2.24, 2.45) is 11.7 Å². The molecule has 1 atom stereocenters. The predicted octanol–water partition coefficient (Wildman–Crippen LogP) is 1.74. The second-order valence-corrected chi connectivity index (χ2v) is 6.70. The van der Waals surface area contributed by atoms with Crippen molar-refractivity contribution in [3.63, 3.8) is 0 Å². The van der Waals surface area contributed by atoms with Crippen LogP contribution in [0.3, 0.4) is 0 Å². The molecule has 0 amide bonds. The zero-order valence-electron chi connectivity index (χ0n) is 10.9. The van der Waals surface area contributed by atoms with Gasteiger partial charge in [-0.05, 0) is 37.0 Å². The zero-order valence-corrected chi connectivity index (χ0v) is 12.6. The van der Waals surface area contributed by atoms with Crippen molar-refractivity contribution in [3.05, 3.63) is 29.8 Å². The van der Waals surface area contributed by atoms with E-state index >= 15 is 0 Å². The molecule has 0 bridgehead atoms. The Balaban J connectivity index is 0.00000200. The average Bonchev–Trinajstić information content (AvgIpc) is 3.17. The van der Waals surface area contributed by atoms with E-state index in [4.69, 9.17) is 5.73 Å². The summed E-state index contributed by atoms with van der Waals surface area (Å²) in [5.41, 5.74) is 5.58. The smallest absolute Gasteiger partial charge is 0.246 e. The molecule has 8 heteroatoms. The van der Waals surface area contributed by atoms with Crippen LogP contribution in [-0.4, -0.2) is 32.4 Å². The van der Waals surface area contributed by atoms with Gasteiger partial charge in [-0.25, -0.2) is 17.2 Å². The van der Waals surface area contributed by atoms with Crippen molar-refractivity contribution in [2.45, 2.75) is 23.8 Å². The number of nitrogens with two attached hydrogens (primary N) is 1. The topological polar surface area (TPSA) is 63.4 Å². The summed E-state index contributed by atoms with van der Waals surface area (Å²) >= 11 is 0.